The van der Waals surface area contributed by atoms with Crippen molar-refractivity contribution in [2.45, 2.75) is 35.8 Å². The number of thioether (sulfide) groups is 1. The fourth-order valence-corrected chi connectivity index (χ4v) is 4.84. The van der Waals surface area contributed by atoms with Gasteiger partial charge in [-0.15, -0.1) is 11.8 Å². The minimum atomic E-state index is -3.55. The summed E-state index contributed by atoms with van der Waals surface area (Å²) in [5.41, 5.74) is 0.476. The maximum atomic E-state index is 12.6. The lowest BCUT2D eigenvalue weighted by molar-refractivity contribution is -0.115. The van der Waals surface area contributed by atoms with Crippen molar-refractivity contribution >= 4 is 33.4 Å². The Morgan fingerprint density at radius 3 is 2.35 bits per heavy atom. The zero-order valence-electron chi connectivity index (χ0n) is 15.2. The highest BCUT2D eigenvalue weighted by atomic mass is 32.2. The second kappa shape index (κ2) is 9.21. The third-order valence-corrected chi connectivity index (χ3v) is 7.03. The molecule has 0 aliphatic carbocycles. The van der Waals surface area contributed by atoms with E-state index in [9.17, 15) is 13.2 Å². The molecule has 0 fully saturated rings. The van der Waals surface area contributed by atoms with E-state index in [0.29, 0.717) is 18.8 Å². The number of hydrogen-bond acceptors (Lipinski definition) is 4. The summed E-state index contributed by atoms with van der Waals surface area (Å²) >= 11 is 1.45. The van der Waals surface area contributed by atoms with Crippen molar-refractivity contribution in [2.75, 3.05) is 18.4 Å². The van der Waals surface area contributed by atoms with Crippen LogP contribution in [0.2, 0.25) is 0 Å². The lowest BCUT2D eigenvalue weighted by atomic mass is 10.3. The third-order valence-electron chi connectivity index (χ3n) is 3.87. The Kier molecular flexibility index (Phi) is 7.25. The van der Waals surface area contributed by atoms with Crippen LogP contribution in [0, 0.1) is 0 Å². The molecule has 1 amide bonds. The van der Waals surface area contributed by atoms with Crippen molar-refractivity contribution in [1.29, 1.82) is 0 Å². The number of benzene rings is 2. The van der Waals surface area contributed by atoms with E-state index in [1.54, 1.807) is 32.0 Å². The zero-order chi connectivity index (χ0) is 19.2. The van der Waals surface area contributed by atoms with Crippen LogP contribution in [-0.4, -0.2) is 37.0 Å². The van der Waals surface area contributed by atoms with E-state index in [2.05, 4.69) is 5.32 Å². The van der Waals surface area contributed by atoms with E-state index >= 15 is 0 Å². The summed E-state index contributed by atoms with van der Waals surface area (Å²) in [7, 11) is -3.55. The van der Waals surface area contributed by atoms with Crippen molar-refractivity contribution in [3.63, 3.8) is 0 Å². The molecule has 0 saturated carbocycles. The van der Waals surface area contributed by atoms with E-state index < -0.39 is 10.0 Å². The van der Waals surface area contributed by atoms with Gasteiger partial charge in [0, 0.05) is 23.7 Å². The van der Waals surface area contributed by atoms with Crippen LogP contribution < -0.4 is 5.32 Å². The molecule has 2 rings (SSSR count). The van der Waals surface area contributed by atoms with Gasteiger partial charge in [0.2, 0.25) is 15.9 Å². The minimum Gasteiger partial charge on any atom is -0.325 e. The minimum absolute atomic E-state index is 0.170. The topological polar surface area (TPSA) is 66.5 Å². The predicted octanol–water partition coefficient (Wildman–Crippen LogP) is 3.84. The van der Waals surface area contributed by atoms with Crippen LogP contribution in [0.15, 0.2) is 64.4 Å². The largest absolute Gasteiger partial charge is 0.325 e. The van der Waals surface area contributed by atoms with E-state index in [-0.39, 0.29) is 16.1 Å². The fourth-order valence-electron chi connectivity index (χ4n) is 2.45. The average molecular weight is 393 g/mol. The van der Waals surface area contributed by atoms with Crippen LogP contribution in [0.4, 0.5) is 5.69 Å². The maximum absolute atomic E-state index is 12.6. The van der Waals surface area contributed by atoms with Gasteiger partial charge in [0.15, 0.2) is 0 Å². The number of rotatable bonds is 8. The highest BCUT2D eigenvalue weighted by Crippen LogP contribution is 2.25. The number of nitrogens with zero attached hydrogens (tertiary/aromatic N) is 1. The first-order valence-corrected chi connectivity index (χ1v) is 10.8. The summed E-state index contributed by atoms with van der Waals surface area (Å²) < 4.78 is 26.6. The first-order chi connectivity index (χ1) is 12.4. The number of carbonyl (C=O) groups is 1. The summed E-state index contributed by atoms with van der Waals surface area (Å²) in [5.74, 6) is -0.170. The number of sulfonamides is 1. The van der Waals surface area contributed by atoms with Gasteiger partial charge in [0.25, 0.3) is 0 Å². The SMILES string of the molecule is CCN(CC)S(=O)(=O)c1cccc(NC(=O)[C@@H](C)Sc2ccccc2)c1. The normalized spacial score (nSPS) is 12.8. The van der Waals surface area contributed by atoms with Crippen LogP contribution in [0.25, 0.3) is 0 Å². The zero-order valence-corrected chi connectivity index (χ0v) is 16.8. The summed E-state index contributed by atoms with van der Waals surface area (Å²) in [4.78, 5) is 13.6. The van der Waals surface area contributed by atoms with E-state index in [4.69, 9.17) is 0 Å². The number of nitrogens with one attached hydrogen (secondary N) is 1. The first kappa shape index (κ1) is 20.5. The van der Waals surface area contributed by atoms with Gasteiger partial charge in [-0.25, -0.2) is 8.42 Å². The maximum Gasteiger partial charge on any atom is 0.243 e. The Labute approximate surface area is 159 Å². The Balaban J connectivity index is 2.11. The molecule has 0 radical (unpaired) electrons. The predicted molar refractivity (Wildman–Crippen MR) is 107 cm³/mol. The Morgan fingerprint density at radius 1 is 1.08 bits per heavy atom. The highest BCUT2D eigenvalue weighted by molar-refractivity contribution is 8.00. The molecule has 0 aliphatic heterocycles. The second-order valence-corrected chi connectivity index (χ2v) is 9.03. The van der Waals surface area contributed by atoms with Crippen molar-refractivity contribution < 1.29 is 13.2 Å². The summed E-state index contributed by atoms with van der Waals surface area (Å²) in [5, 5.41) is 2.50. The van der Waals surface area contributed by atoms with E-state index in [0.717, 1.165) is 4.90 Å². The molecule has 1 N–H and O–H groups in total. The molecule has 0 saturated heterocycles. The van der Waals surface area contributed by atoms with Gasteiger partial charge in [0.05, 0.1) is 10.1 Å². The molecule has 0 aromatic heterocycles. The van der Waals surface area contributed by atoms with Gasteiger partial charge in [-0.1, -0.05) is 38.1 Å². The summed E-state index contributed by atoms with van der Waals surface area (Å²) in [6.45, 7) is 6.23. The molecule has 0 aliphatic rings. The van der Waals surface area contributed by atoms with E-state index in [1.165, 1.54) is 22.1 Å². The monoisotopic (exact) mass is 392 g/mol. The summed E-state index contributed by atoms with van der Waals surface area (Å²) in [6, 6.07) is 16.1. The molecular weight excluding hydrogens is 368 g/mol. The number of amides is 1. The van der Waals surface area contributed by atoms with Crippen LogP contribution in [0.5, 0.6) is 0 Å². The third kappa shape index (κ3) is 5.09. The standard InChI is InChI=1S/C19H24N2O3S2/c1-4-21(5-2)26(23,24)18-13-9-10-16(14-18)20-19(22)15(3)25-17-11-7-6-8-12-17/h6-15H,4-5H2,1-3H3,(H,20,22)/t15-/m1/s1. The molecule has 0 unspecified atom stereocenters. The van der Waals surface area contributed by atoms with Gasteiger partial charge in [0.1, 0.15) is 0 Å². The van der Waals surface area contributed by atoms with Crippen LogP contribution >= 0.6 is 11.8 Å². The summed E-state index contributed by atoms with van der Waals surface area (Å²) in [6.07, 6.45) is 0. The first-order valence-electron chi connectivity index (χ1n) is 8.51. The van der Waals surface area contributed by atoms with Gasteiger partial charge < -0.3 is 5.32 Å². The quantitative estimate of drug-likeness (QED) is 0.693. The van der Waals surface area contributed by atoms with Crippen LogP contribution in [0.1, 0.15) is 20.8 Å². The molecular formula is C19H24N2O3S2. The molecule has 140 valence electrons. The lowest BCUT2D eigenvalue weighted by Gasteiger charge is -2.19. The van der Waals surface area contributed by atoms with Crippen molar-refractivity contribution in [1.82, 2.24) is 4.31 Å². The molecule has 5 nitrogen and oxygen atoms in total. The smallest absolute Gasteiger partial charge is 0.243 e. The Bertz CT molecular complexity index is 835. The van der Waals surface area contributed by atoms with E-state index in [1.807, 2.05) is 37.3 Å². The van der Waals surface area contributed by atoms with Crippen molar-refractivity contribution in [3.05, 3.63) is 54.6 Å². The number of carbonyl (C=O) groups excluding carboxylic acids is 1. The van der Waals surface area contributed by atoms with Crippen molar-refractivity contribution in [3.8, 4) is 0 Å². The Morgan fingerprint density at radius 2 is 1.73 bits per heavy atom. The van der Waals surface area contributed by atoms with Gasteiger partial charge >= 0.3 is 0 Å². The molecule has 26 heavy (non-hydrogen) atoms. The molecule has 7 heteroatoms. The second-order valence-electron chi connectivity index (χ2n) is 5.68. The average Bonchev–Trinajstić information content (AvgIpc) is 2.63. The number of anilines is 1. The molecule has 0 spiro atoms. The molecule has 0 heterocycles. The molecule has 0 bridgehead atoms. The van der Waals surface area contributed by atoms with Crippen molar-refractivity contribution in [2.24, 2.45) is 0 Å². The fraction of sp³-hybridized carbons (Fsp3) is 0.316. The van der Waals surface area contributed by atoms with Crippen LogP contribution in [0.3, 0.4) is 0 Å². The molecule has 2 aromatic carbocycles. The molecule has 2 aromatic rings. The van der Waals surface area contributed by atoms with Gasteiger partial charge in [-0.3, -0.25) is 4.79 Å². The Hall–Kier alpha value is -1.83. The van der Waals surface area contributed by atoms with Gasteiger partial charge in [-0.05, 0) is 37.3 Å². The number of hydrogen-bond donors (Lipinski definition) is 1. The highest BCUT2D eigenvalue weighted by Gasteiger charge is 2.22. The van der Waals surface area contributed by atoms with Crippen LogP contribution in [-0.2, 0) is 14.8 Å². The molecule has 1 atom stereocenters. The van der Waals surface area contributed by atoms with Gasteiger partial charge in [-0.2, -0.15) is 4.31 Å². The lowest BCUT2D eigenvalue weighted by Crippen LogP contribution is -2.30.